The lowest BCUT2D eigenvalue weighted by Gasteiger charge is -2.24. The molecule has 15 heteroatoms. The van der Waals surface area contributed by atoms with Crippen molar-refractivity contribution in [1.82, 2.24) is 19.9 Å². The minimum Gasteiger partial charge on any atom is -0.370 e. The van der Waals surface area contributed by atoms with Crippen molar-refractivity contribution in [2.45, 2.75) is 6.42 Å². The molecule has 0 aliphatic rings. The molecule has 0 aliphatic carbocycles. The van der Waals surface area contributed by atoms with E-state index in [1.165, 1.54) is 0 Å². The van der Waals surface area contributed by atoms with Gasteiger partial charge in [0.15, 0.2) is 11.8 Å². The van der Waals surface area contributed by atoms with Gasteiger partial charge in [0.2, 0.25) is 12.3 Å². The monoisotopic (exact) mass is 654 g/mol. The Morgan fingerprint density at radius 1 is 1.04 bits per heavy atom. The third kappa shape index (κ3) is 8.89. The normalized spacial score (nSPS) is 10.8. The van der Waals surface area contributed by atoms with Crippen LogP contribution in [-0.4, -0.2) is 83.2 Å². The van der Waals surface area contributed by atoms with Gasteiger partial charge >= 0.3 is 0 Å². The Balaban J connectivity index is 1.32. The van der Waals surface area contributed by atoms with Crippen LogP contribution in [0.3, 0.4) is 0 Å². The number of carbonyl (C=O) groups excluding carboxylic acids is 3. The first-order chi connectivity index (χ1) is 21.7. The van der Waals surface area contributed by atoms with Crippen LogP contribution >= 0.6 is 23.2 Å². The van der Waals surface area contributed by atoms with Gasteiger partial charge in [-0.2, -0.15) is 0 Å². The first-order valence-corrected chi connectivity index (χ1v) is 15.3. The van der Waals surface area contributed by atoms with Gasteiger partial charge in [0.05, 0.1) is 22.4 Å². The summed E-state index contributed by atoms with van der Waals surface area (Å²) in [6.07, 6.45) is 3.09. The second kappa shape index (κ2) is 15.8. The van der Waals surface area contributed by atoms with E-state index in [4.69, 9.17) is 34.7 Å². The zero-order chi connectivity index (χ0) is 32.3. The molecule has 2 aromatic heterocycles. The SMILES string of the molecule is Cn1cc(NC(=O)CN=C(N)N)cc1-c1nc2ccc(C(=O)NCCCN(C=O)c3ccc(N(CCCl)CCCl)cc3)cc2[nH]1. The molecule has 0 unspecified atom stereocenters. The van der Waals surface area contributed by atoms with E-state index in [0.29, 0.717) is 72.5 Å². The molecule has 4 aromatic rings. The Morgan fingerprint density at radius 2 is 1.76 bits per heavy atom. The quantitative estimate of drug-likeness (QED) is 0.0405. The molecule has 0 spiro atoms. The number of H-pyrrole nitrogens is 1. The molecule has 2 heterocycles. The number of benzene rings is 2. The molecule has 0 saturated heterocycles. The predicted octanol–water partition coefficient (Wildman–Crippen LogP) is 2.85. The molecule has 0 aliphatic heterocycles. The van der Waals surface area contributed by atoms with Gasteiger partial charge in [0.1, 0.15) is 6.54 Å². The number of halogens is 2. The lowest BCUT2D eigenvalue weighted by Crippen LogP contribution is -2.29. The number of rotatable bonds is 16. The minimum absolute atomic E-state index is 0.161. The van der Waals surface area contributed by atoms with Crippen LogP contribution in [0.5, 0.6) is 0 Å². The number of alkyl halides is 2. The molecule has 0 fully saturated rings. The molecular formula is C30H36Cl2N10O3. The smallest absolute Gasteiger partial charge is 0.251 e. The fourth-order valence-corrected chi connectivity index (χ4v) is 5.14. The summed E-state index contributed by atoms with van der Waals surface area (Å²) in [4.78, 5) is 52.0. The van der Waals surface area contributed by atoms with Crippen LogP contribution < -0.4 is 31.9 Å². The number of imidazole rings is 1. The predicted molar refractivity (Wildman–Crippen MR) is 180 cm³/mol. The summed E-state index contributed by atoms with van der Waals surface area (Å²) < 4.78 is 1.82. The van der Waals surface area contributed by atoms with Crippen molar-refractivity contribution in [3.8, 4) is 11.5 Å². The summed E-state index contributed by atoms with van der Waals surface area (Å²) in [6.45, 7) is 1.99. The van der Waals surface area contributed by atoms with Crippen LogP contribution in [0.15, 0.2) is 59.7 Å². The van der Waals surface area contributed by atoms with Gasteiger partial charge in [-0.05, 0) is 55.0 Å². The number of aliphatic imine (C=N–C) groups is 1. The van der Waals surface area contributed by atoms with Gasteiger partial charge in [0, 0.05) is 68.1 Å². The van der Waals surface area contributed by atoms with Gasteiger partial charge in [-0.1, -0.05) is 0 Å². The number of guanidine groups is 1. The number of aromatic amines is 1. The molecule has 13 nitrogen and oxygen atoms in total. The molecular weight excluding hydrogens is 619 g/mol. The van der Waals surface area contributed by atoms with E-state index in [0.717, 1.165) is 23.5 Å². The number of anilines is 3. The maximum Gasteiger partial charge on any atom is 0.251 e. The van der Waals surface area contributed by atoms with Gasteiger partial charge in [0.25, 0.3) is 5.91 Å². The number of amides is 3. The number of carbonyl (C=O) groups is 3. The van der Waals surface area contributed by atoms with Crippen molar-refractivity contribution in [2.75, 3.05) is 59.6 Å². The lowest BCUT2D eigenvalue weighted by atomic mass is 10.2. The second-order valence-electron chi connectivity index (χ2n) is 10.1. The Labute approximate surface area is 270 Å². The van der Waals surface area contributed by atoms with Gasteiger partial charge in [-0.3, -0.25) is 14.4 Å². The van der Waals surface area contributed by atoms with Crippen LogP contribution in [-0.2, 0) is 16.6 Å². The molecule has 0 saturated carbocycles. The van der Waals surface area contributed by atoms with E-state index >= 15 is 0 Å². The fourth-order valence-electron chi connectivity index (χ4n) is 4.73. The van der Waals surface area contributed by atoms with E-state index in [1.807, 2.05) is 35.9 Å². The zero-order valence-corrected chi connectivity index (χ0v) is 26.3. The minimum atomic E-state index is -0.359. The number of nitrogens with one attached hydrogen (secondary N) is 3. The zero-order valence-electron chi connectivity index (χ0n) is 24.8. The van der Waals surface area contributed by atoms with Crippen LogP contribution in [0.4, 0.5) is 17.1 Å². The maximum absolute atomic E-state index is 12.9. The highest BCUT2D eigenvalue weighted by atomic mass is 35.5. The Morgan fingerprint density at radius 3 is 2.42 bits per heavy atom. The number of hydrogen-bond acceptors (Lipinski definition) is 6. The molecule has 3 amide bonds. The van der Waals surface area contributed by atoms with Crippen molar-refractivity contribution >= 4 is 75.5 Å². The number of hydrogen-bond donors (Lipinski definition) is 5. The lowest BCUT2D eigenvalue weighted by molar-refractivity contribution is -0.114. The highest BCUT2D eigenvalue weighted by Gasteiger charge is 2.14. The van der Waals surface area contributed by atoms with Crippen molar-refractivity contribution in [2.24, 2.45) is 23.5 Å². The highest BCUT2D eigenvalue weighted by Crippen LogP contribution is 2.25. The van der Waals surface area contributed by atoms with E-state index in [1.54, 1.807) is 35.4 Å². The van der Waals surface area contributed by atoms with Gasteiger partial charge < -0.3 is 41.5 Å². The third-order valence-corrected chi connectivity index (χ3v) is 7.26. The molecule has 0 radical (unpaired) electrons. The summed E-state index contributed by atoms with van der Waals surface area (Å²) >= 11 is 11.8. The topological polar surface area (TPSA) is 180 Å². The molecule has 4 rings (SSSR count). The van der Waals surface area contributed by atoms with E-state index in [9.17, 15) is 14.4 Å². The van der Waals surface area contributed by atoms with Crippen molar-refractivity contribution in [3.05, 3.63) is 60.3 Å². The summed E-state index contributed by atoms with van der Waals surface area (Å²) in [6, 6.07) is 14.6. The summed E-state index contributed by atoms with van der Waals surface area (Å²) in [7, 11) is 1.83. The molecule has 0 atom stereocenters. The highest BCUT2D eigenvalue weighted by molar-refractivity contribution is 6.18. The Bertz CT molecular complexity index is 1640. The van der Waals surface area contributed by atoms with Crippen molar-refractivity contribution < 1.29 is 14.4 Å². The fraction of sp³-hybridized carbons (Fsp3) is 0.300. The molecule has 238 valence electrons. The average molecular weight is 656 g/mol. The number of nitrogens with zero attached hydrogens (tertiary/aromatic N) is 5. The average Bonchev–Trinajstić information content (AvgIpc) is 3.62. The Hall–Kier alpha value is -4.75. The standard InChI is InChI=1S/C30H36Cl2N10O3/c1-40-18-21(37-27(44)17-36-30(33)34)16-26(40)28-38-24-8-3-20(15-25(24)39-28)29(45)35-11-2-12-42(19-43)23-6-4-22(5-7-23)41(13-9-31)14-10-32/h3-8,15-16,18-19H,2,9-14,17H2,1H3,(H,35,45)(H,37,44)(H,38,39)(H4,33,34,36). The Kier molecular flexibility index (Phi) is 11.7. The molecule has 7 N–H and O–H groups in total. The first kappa shape index (κ1) is 33.1. The molecule has 0 bridgehead atoms. The van der Waals surface area contributed by atoms with Crippen LogP contribution in [0.25, 0.3) is 22.6 Å². The van der Waals surface area contributed by atoms with E-state index in [-0.39, 0.29) is 24.3 Å². The number of aromatic nitrogens is 3. The largest absolute Gasteiger partial charge is 0.370 e. The second-order valence-corrected chi connectivity index (χ2v) is 10.9. The van der Waals surface area contributed by atoms with Gasteiger partial charge in [-0.25, -0.2) is 9.98 Å². The van der Waals surface area contributed by atoms with E-state index in [2.05, 4.69) is 30.5 Å². The summed E-state index contributed by atoms with van der Waals surface area (Å²) in [5, 5.41) is 5.66. The van der Waals surface area contributed by atoms with Gasteiger partial charge in [-0.15, -0.1) is 23.2 Å². The maximum atomic E-state index is 12.9. The summed E-state index contributed by atoms with van der Waals surface area (Å²) in [5.74, 6) is 0.791. The molecule has 2 aromatic carbocycles. The van der Waals surface area contributed by atoms with Crippen molar-refractivity contribution in [1.29, 1.82) is 0 Å². The van der Waals surface area contributed by atoms with Crippen LogP contribution in [0.2, 0.25) is 0 Å². The molecule has 45 heavy (non-hydrogen) atoms. The number of nitrogens with two attached hydrogens (primary N) is 2. The van der Waals surface area contributed by atoms with E-state index < -0.39 is 0 Å². The third-order valence-electron chi connectivity index (χ3n) is 6.92. The summed E-state index contributed by atoms with van der Waals surface area (Å²) in [5.41, 5.74) is 15.4. The first-order valence-electron chi connectivity index (χ1n) is 14.2. The number of aryl methyl sites for hydroxylation is 1. The van der Waals surface area contributed by atoms with Crippen molar-refractivity contribution in [3.63, 3.8) is 0 Å². The van der Waals surface area contributed by atoms with Crippen LogP contribution in [0.1, 0.15) is 16.8 Å². The van der Waals surface area contributed by atoms with Crippen LogP contribution in [0, 0.1) is 0 Å². The number of fused-ring (bicyclic) bond motifs is 1.